The van der Waals surface area contributed by atoms with Crippen LogP contribution < -0.4 is 0 Å². The van der Waals surface area contributed by atoms with Gasteiger partial charge in [0.15, 0.2) is 0 Å². The Kier molecular flexibility index (Phi) is 4.73. The van der Waals surface area contributed by atoms with Crippen LogP contribution in [0, 0.1) is 0 Å². The summed E-state index contributed by atoms with van der Waals surface area (Å²) < 4.78 is 0. The lowest BCUT2D eigenvalue weighted by molar-refractivity contribution is -0.114. The highest BCUT2D eigenvalue weighted by Gasteiger charge is 2.09. The van der Waals surface area contributed by atoms with Crippen molar-refractivity contribution in [3.8, 4) is 0 Å². The number of Topliss-reactive ketones (excluding diaryl/α,β-unsaturated/α-hetero) is 1. The fourth-order valence-electron chi connectivity index (χ4n) is 0.388. The molecule has 0 aliphatic rings. The molecule has 0 bridgehead atoms. The summed E-state index contributed by atoms with van der Waals surface area (Å²) >= 11 is 1.49. The van der Waals surface area contributed by atoms with Gasteiger partial charge >= 0.3 is 0 Å². The SMILES string of the molecule is CC(=O)CSC(C)C(C)O. The summed E-state index contributed by atoms with van der Waals surface area (Å²) in [4.78, 5) is 10.5. The molecule has 0 heterocycles. The van der Waals surface area contributed by atoms with Crippen molar-refractivity contribution in [3.63, 3.8) is 0 Å². The van der Waals surface area contributed by atoms with Crippen LogP contribution in [0.4, 0.5) is 0 Å². The van der Waals surface area contributed by atoms with Crippen LogP contribution in [0.5, 0.6) is 0 Å². The number of aliphatic hydroxyl groups excluding tert-OH is 1. The molecule has 3 heteroatoms. The predicted molar refractivity (Wildman–Crippen MR) is 44.3 cm³/mol. The molecule has 0 saturated heterocycles. The summed E-state index contributed by atoms with van der Waals surface area (Å²) in [5.74, 6) is 0.670. The van der Waals surface area contributed by atoms with Crippen LogP contribution in [0.25, 0.3) is 0 Å². The number of thioether (sulfide) groups is 1. The van der Waals surface area contributed by atoms with Gasteiger partial charge < -0.3 is 5.11 Å². The molecule has 60 valence electrons. The average molecular weight is 162 g/mol. The molecule has 0 radical (unpaired) electrons. The molecule has 10 heavy (non-hydrogen) atoms. The van der Waals surface area contributed by atoms with Gasteiger partial charge in [0, 0.05) is 5.25 Å². The minimum absolute atomic E-state index is 0.156. The first-order chi connectivity index (χ1) is 4.54. The van der Waals surface area contributed by atoms with E-state index in [1.54, 1.807) is 13.8 Å². The lowest BCUT2D eigenvalue weighted by atomic mass is 10.3. The van der Waals surface area contributed by atoms with Crippen molar-refractivity contribution in [2.75, 3.05) is 5.75 Å². The van der Waals surface area contributed by atoms with E-state index in [1.165, 1.54) is 11.8 Å². The maximum Gasteiger partial charge on any atom is 0.139 e. The van der Waals surface area contributed by atoms with Crippen molar-refractivity contribution >= 4 is 17.5 Å². The summed E-state index contributed by atoms with van der Waals surface area (Å²) in [5.41, 5.74) is 0. The Morgan fingerprint density at radius 3 is 2.40 bits per heavy atom. The third-order valence-corrected chi connectivity index (χ3v) is 2.72. The molecule has 1 N–H and O–H groups in total. The molecule has 0 aromatic heterocycles. The molecule has 0 saturated carbocycles. The summed E-state index contributed by atoms with van der Waals surface area (Å²) in [7, 11) is 0. The van der Waals surface area contributed by atoms with E-state index >= 15 is 0 Å². The second-order valence-electron chi connectivity index (χ2n) is 2.46. The maximum atomic E-state index is 10.5. The molecule has 0 aromatic carbocycles. The molecule has 0 aliphatic carbocycles. The molecule has 0 rings (SSSR count). The van der Waals surface area contributed by atoms with E-state index in [1.807, 2.05) is 6.92 Å². The lowest BCUT2D eigenvalue weighted by Gasteiger charge is -2.12. The number of aliphatic hydroxyl groups is 1. The van der Waals surface area contributed by atoms with E-state index < -0.39 is 0 Å². The number of carbonyl (C=O) groups is 1. The van der Waals surface area contributed by atoms with Crippen LogP contribution in [-0.4, -0.2) is 28.0 Å². The molecule has 2 atom stereocenters. The number of rotatable bonds is 4. The zero-order valence-corrected chi connectivity index (χ0v) is 7.44. The van der Waals surface area contributed by atoms with E-state index in [2.05, 4.69) is 0 Å². The molecule has 0 aliphatic heterocycles. The van der Waals surface area contributed by atoms with Gasteiger partial charge in [-0.05, 0) is 13.8 Å². The van der Waals surface area contributed by atoms with Gasteiger partial charge in [-0.15, -0.1) is 11.8 Å². The number of ketones is 1. The first kappa shape index (κ1) is 9.98. The highest BCUT2D eigenvalue weighted by atomic mass is 32.2. The van der Waals surface area contributed by atoms with Gasteiger partial charge in [-0.1, -0.05) is 6.92 Å². The summed E-state index contributed by atoms with van der Waals surface area (Å²) in [5, 5.41) is 9.16. The van der Waals surface area contributed by atoms with Crippen LogP contribution in [-0.2, 0) is 4.79 Å². The van der Waals surface area contributed by atoms with Gasteiger partial charge in [0.05, 0.1) is 11.9 Å². The third kappa shape index (κ3) is 4.82. The first-order valence-electron chi connectivity index (χ1n) is 3.33. The van der Waals surface area contributed by atoms with Crippen molar-refractivity contribution in [2.24, 2.45) is 0 Å². The van der Waals surface area contributed by atoms with Crippen LogP contribution >= 0.6 is 11.8 Å². The monoisotopic (exact) mass is 162 g/mol. The largest absolute Gasteiger partial charge is 0.392 e. The molecule has 0 fully saturated rings. The molecule has 0 spiro atoms. The Hall–Kier alpha value is -0.0200. The molecule has 2 unspecified atom stereocenters. The van der Waals surface area contributed by atoms with E-state index in [0.717, 1.165) is 0 Å². The fraction of sp³-hybridized carbons (Fsp3) is 0.857. The highest BCUT2D eigenvalue weighted by Crippen LogP contribution is 2.13. The first-order valence-corrected chi connectivity index (χ1v) is 4.38. The predicted octanol–water partition coefficient (Wildman–Crippen LogP) is 1.08. The third-order valence-electron chi connectivity index (χ3n) is 1.23. The quantitative estimate of drug-likeness (QED) is 0.672. The standard InChI is InChI=1S/C7H14O2S/c1-5(8)4-10-7(3)6(2)9/h6-7,9H,4H2,1-3H3. The van der Waals surface area contributed by atoms with Crippen molar-refractivity contribution in [2.45, 2.75) is 32.1 Å². The highest BCUT2D eigenvalue weighted by molar-refractivity contribution is 8.00. The van der Waals surface area contributed by atoms with Crippen molar-refractivity contribution in [3.05, 3.63) is 0 Å². The van der Waals surface area contributed by atoms with E-state index in [9.17, 15) is 4.79 Å². The van der Waals surface area contributed by atoms with Crippen LogP contribution in [0.15, 0.2) is 0 Å². The molecular weight excluding hydrogens is 148 g/mol. The Balaban J connectivity index is 3.39. The van der Waals surface area contributed by atoms with Crippen LogP contribution in [0.2, 0.25) is 0 Å². The molecular formula is C7H14O2S. The van der Waals surface area contributed by atoms with E-state index in [4.69, 9.17) is 5.11 Å². The van der Waals surface area contributed by atoms with Gasteiger partial charge in [0.1, 0.15) is 5.78 Å². The maximum absolute atomic E-state index is 10.5. The van der Waals surface area contributed by atoms with Gasteiger partial charge in [-0.25, -0.2) is 0 Å². The van der Waals surface area contributed by atoms with Gasteiger partial charge in [0.2, 0.25) is 0 Å². The summed E-state index contributed by atoms with van der Waals surface area (Å²) in [6.07, 6.45) is -0.329. The second kappa shape index (κ2) is 4.74. The van der Waals surface area contributed by atoms with Gasteiger partial charge in [-0.3, -0.25) is 4.79 Å². The molecule has 0 aromatic rings. The average Bonchev–Trinajstić information content (AvgIpc) is 1.82. The zero-order valence-electron chi connectivity index (χ0n) is 6.63. The van der Waals surface area contributed by atoms with Crippen molar-refractivity contribution < 1.29 is 9.90 Å². The van der Waals surface area contributed by atoms with E-state index in [0.29, 0.717) is 5.75 Å². The normalized spacial score (nSPS) is 16.4. The zero-order chi connectivity index (χ0) is 8.15. The van der Waals surface area contributed by atoms with Crippen LogP contribution in [0.3, 0.4) is 0 Å². The van der Waals surface area contributed by atoms with Crippen molar-refractivity contribution in [1.29, 1.82) is 0 Å². The Bertz CT molecular complexity index is 112. The lowest BCUT2D eigenvalue weighted by Crippen LogP contribution is -2.16. The summed E-state index contributed by atoms with van der Waals surface area (Å²) in [6, 6.07) is 0. The van der Waals surface area contributed by atoms with Gasteiger partial charge in [-0.2, -0.15) is 0 Å². The summed E-state index contributed by atoms with van der Waals surface area (Å²) in [6.45, 7) is 5.21. The van der Waals surface area contributed by atoms with Gasteiger partial charge in [0.25, 0.3) is 0 Å². The van der Waals surface area contributed by atoms with E-state index in [-0.39, 0.29) is 17.1 Å². The second-order valence-corrected chi connectivity index (χ2v) is 3.82. The number of carbonyl (C=O) groups excluding carboxylic acids is 1. The number of hydrogen-bond acceptors (Lipinski definition) is 3. The topological polar surface area (TPSA) is 37.3 Å². The minimum atomic E-state index is -0.329. The molecule has 2 nitrogen and oxygen atoms in total. The Labute approximate surface area is 66.0 Å². The van der Waals surface area contributed by atoms with Crippen LogP contribution in [0.1, 0.15) is 20.8 Å². The smallest absolute Gasteiger partial charge is 0.139 e. The fourth-order valence-corrected chi connectivity index (χ4v) is 1.16. The number of hydrogen-bond donors (Lipinski definition) is 1. The minimum Gasteiger partial charge on any atom is -0.392 e. The van der Waals surface area contributed by atoms with Crippen molar-refractivity contribution in [1.82, 2.24) is 0 Å². The Morgan fingerprint density at radius 1 is 1.60 bits per heavy atom. The molecule has 0 amide bonds. The Morgan fingerprint density at radius 2 is 2.10 bits per heavy atom.